The highest BCUT2D eigenvalue weighted by Crippen LogP contribution is 2.27. The number of benzene rings is 1. The second-order valence-corrected chi connectivity index (χ2v) is 5.24. The third kappa shape index (κ3) is 4.14. The number of nitrogens with one attached hydrogen (secondary N) is 1. The Morgan fingerprint density at radius 2 is 2.00 bits per heavy atom. The van der Waals surface area contributed by atoms with Gasteiger partial charge in [-0.3, -0.25) is 0 Å². The molecule has 102 valence electrons. The van der Waals surface area contributed by atoms with Crippen LogP contribution in [0.5, 0.6) is 0 Å². The summed E-state index contributed by atoms with van der Waals surface area (Å²) in [6, 6.07) is 3.27. The van der Waals surface area contributed by atoms with Gasteiger partial charge < -0.3 is 16.0 Å². The summed E-state index contributed by atoms with van der Waals surface area (Å²) in [5, 5.41) is 3.31. The lowest BCUT2D eigenvalue weighted by Gasteiger charge is -2.24. The Morgan fingerprint density at radius 1 is 1.39 bits per heavy atom. The summed E-state index contributed by atoms with van der Waals surface area (Å²) in [5.74, 6) is -0.338. The van der Waals surface area contributed by atoms with Crippen LogP contribution in [0.1, 0.15) is 20.8 Å². The highest BCUT2D eigenvalue weighted by molar-refractivity contribution is 9.10. The molecule has 0 aliphatic heterocycles. The second-order valence-electron chi connectivity index (χ2n) is 4.38. The molecular formula is C13H21BrFN3. The van der Waals surface area contributed by atoms with E-state index >= 15 is 0 Å². The highest BCUT2D eigenvalue weighted by atomic mass is 79.9. The number of rotatable bonds is 6. The minimum Gasteiger partial charge on any atom is -0.397 e. The van der Waals surface area contributed by atoms with Crippen LogP contribution in [0.15, 0.2) is 16.6 Å². The molecule has 0 aromatic heterocycles. The van der Waals surface area contributed by atoms with Gasteiger partial charge in [-0.2, -0.15) is 0 Å². The van der Waals surface area contributed by atoms with Gasteiger partial charge in [0.05, 0.1) is 15.8 Å². The SMILES string of the molecule is CCN(CC)CC(C)Nc1cc(Br)c(F)cc1N. The Kier molecular flexibility index (Phi) is 5.88. The van der Waals surface area contributed by atoms with Gasteiger partial charge in [0.15, 0.2) is 0 Å². The van der Waals surface area contributed by atoms with Crippen molar-refractivity contribution in [3.8, 4) is 0 Å². The predicted molar refractivity (Wildman–Crippen MR) is 79.4 cm³/mol. The van der Waals surface area contributed by atoms with Crippen molar-refractivity contribution in [1.82, 2.24) is 4.90 Å². The monoisotopic (exact) mass is 317 g/mol. The Labute approximate surface area is 117 Å². The topological polar surface area (TPSA) is 41.3 Å². The van der Waals surface area contributed by atoms with Crippen LogP contribution in [0.3, 0.4) is 0 Å². The van der Waals surface area contributed by atoms with Crippen LogP contribution < -0.4 is 11.1 Å². The van der Waals surface area contributed by atoms with Gasteiger partial charge in [0, 0.05) is 18.7 Å². The normalized spacial score (nSPS) is 12.8. The maximum absolute atomic E-state index is 13.3. The molecule has 0 amide bonds. The van der Waals surface area contributed by atoms with E-state index in [1.165, 1.54) is 6.07 Å². The van der Waals surface area contributed by atoms with E-state index in [1.54, 1.807) is 6.07 Å². The number of nitrogen functional groups attached to an aromatic ring is 1. The molecule has 3 N–H and O–H groups in total. The van der Waals surface area contributed by atoms with Gasteiger partial charge in [0.2, 0.25) is 0 Å². The molecule has 1 rings (SSSR count). The molecule has 0 bridgehead atoms. The van der Waals surface area contributed by atoms with Crippen molar-refractivity contribution in [2.45, 2.75) is 26.8 Å². The molecule has 3 nitrogen and oxygen atoms in total. The lowest BCUT2D eigenvalue weighted by atomic mass is 10.2. The first-order valence-corrected chi connectivity index (χ1v) is 7.00. The lowest BCUT2D eigenvalue weighted by Crippen LogP contribution is -2.34. The zero-order chi connectivity index (χ0) is 13.7. The molecule has 0 aliphatic rings. The summed E-state index contributed by atoms with van der Waals surface area (Å²) in [4.78, 5) is 2.33. The maximum Gasteiger partial charge on any atom is 0.139 e. The standard InChI is InChI=1S/C13H21BrFN3/c1-4-18(5-2)8-9(3)17-13-6-10(14)11(15)7-12(13)16/h6-7,9,17H,4-5,8,16H2,1-3H3. The molecule has 18 heavy (non-hydrogen) atoms. The van der Waals surface area contributed by atoms with E-state index in [-0.39, 0.29) is 11.9 Å². The van der Waals surface area contributed by atoms with Crippen molar-refractivity contribution in [3.05, 3.63) is 22.4 Å². The van der Waals surface area contributed by atoms with Gasteiger partial charge in [-0.15, -0.1) is 0 Å². The summed E-state index contributed by atoms with van der Waals surface area (Å²) in [5.41, 5.74) is 7.00. The van der Waals surface area contributed by atoms with E-state index < -0.39 is 0 Å². The average molecular weight is 318 g/mol. The molecule has 0 heterocycles. The molecule has 0 saturated heterocycles. The number of likely N-dealkylation sites (N-methyl/N-ethyl adjacent to an activating group) is 1. The van der Waals surface area contributed by atoms with Crippen molar-refractivity contribution in [1.29, 1.82) is 0 Å². The van der Waals surface area contributed by atoms with E-state index in [4.69, 9.17) is 5.73 Å². The van der Waals surface area contributed by atoms with Crippen LogP contribution >= 0.6 is 15.9 Å². The Balaban J connectivity index is 2.69. The van der Waals surface area contributed by atoms with Gasteiger partial charge in [0.25, 0.3) is 0 Å². The molecule has 1 aromatic carbocycles. The molecule has 5 heteroatoms. The van der Waals surface area contributed by atoms with Crippen molar-refractivity contribution < 1.29 is 4.39 Å². The summed E-state index contributed by atoms with van der Waals surface area (Å²) < 4.78 is 13.7. The average Bonchev–Trinajstić information content (AvgIpc) is 2.33. The highest BCUT2D eigenvalue weighted by Gasteiger charge is 2.10. The molecule has 0 saturated carbocycles. The number of anilines is 2. The van der Waals surface area contributed by atoms with Crippen LogP contribution in [0.4, 0.5) is 15.8 Å². The number of halogens is 2. The fourth-order valence-corrected chi connectivity index (χ4v) is 2.21. The zero-order valence-electron chi connectivity index (χ0n) is 11.1. The van der Waals surface area contributed by atoms with Crippen LogP contribution in [0.2, 0.25) is 0 Å². The number of hydrogen-bond donors (Lipinski definition) is 2. The first kappa shape index (κ1) is 15.2. The second kappa shape index (κ2) is 6.95. The molecule has 0 aliphatic carbocycles. The van der Waals surface area contributed by atoms with Gasteiger partial charge in [-0.25, -0.2) is 4.39 Å². The Morgan fingerprint density at radius 3 is 2.56 bits per heavy atom. The van der Waals surface area contributed by atoms with Crippen molar-refractivity contribution in [3.63, 3.8) is 0 Å². The van der Waals surface area contributed by atoms with E-state index in [9.17, 15) is 4.39 Å². The van der Waals surface area contributed by atoms with Crippen LogP contribution in [0, 0.1) is 5.82 Å². The van der Waals surface area contributed by atoms with Gasteiger partial charge >= 0.3 is 0 Å². The Bertz CT molecular complexity index is 394. The summed E-state index contributed by atoms with van der Waals surface area (Å²) >= 11 is 3.17. The summed E-state index contributed by atoms with van der Waals surface area (Å²) in [6.45, 7) is 9.34. The zero-order valence-corrected chi connectivity index (χ0v) is 12.7. The molecular weight excluding hydrogens is 297 g/mol. The maximum atomic E-state index is 13.3. The summed E-state index contributed by atoms with van der Waals surface area (Å²) in [6.07, 6.45) is 0. The van der Waals surface area contributed by atoms with Crippen LogP contribution in [-0.2, 0) is 0 Å². The number of nitrogens with two attached hydrogens (primary N) is 1. The van der Waals surface area contributed by atoms with E-state index in [0.29, 0.717) is 10.2 Å². The quantitative estimate of drug-likeness (QED) is 0.791. The fourth-order valence-electron chi connectivity index (χ4n) is 1.87. The first-order valence-electron chi connectivity index (χ1n) is 6.21. The smallest absolute Gasteiger partial charge is 0.139 e. The minimum absolute atomic E-state index is 0.254. The van der Waals surface area contributed by atoms with E-state index in [1.807, 2.05) is 0 Å². The minimum atomic E-state index is -0.338. The molecule has 0 fully saturated rings. The van der Waals surface area contributed by atoms with Crippen molar-refractivity contribution in [2.75, 3.05) is 30.7 Å². The lowest BCUT2D eigenvalue weighted by molar-refractivity contribution is 0.295. The van der Waals surface area contributed by atoms with Crippen LogP contribution in [0.25, 0.3) is 0 Å². The van der Waals surface area contributed by atoms with Gasteiger partial charge in [0.1, 0.15) is 5.82 Å². The molecule has 1 aromatic rings. The van der Waals surface area contributed by atoms with Crippen LogP contribution in [-0.4, -0.2) is 30.6 Å². The molecule has 1 unspecified atom stereocenters. The first-order chi connectivity index (χ1) is 8.47. The molecule has 0 spiro atoms. The van der Waals surface area contributed by atoms with Gasteiger partial charge in [-0.1, -0.05) is 13.8 Å². The Hall–Kier alpha value is -0.810. The summed E-state index contributed by atoms with van der Waals surface area (Å²) in [7, 11) is 0. The van der Waals surface area contributed by atoms with E-state index in [0.717, 1.165) is 25.3 Å². The fraction of sp³-hybridized carbons (Fsp3) is 0.538. The molecule has 1 atom stereocenters. The number of hydrogen-bond acceptors (Lipinski definition) is 3. The largest absolute Gasteiger partial charge is 0.397 e. The molecule has 0 radical (unpaired) electrons. The third-order valence-electron chi connectivity index (χ3n) is 2.92. The third-order valence-corrected chi connectivity index (χ3v) is 3.53. The van der Waals surface area contributed by atoms with Crippen molar-refractivity contribution >= 4 is 27.3 Å². The number of nitrogens with zero attached hydrogens (tertiary/aromatic N) is 1. The van der Waals surface area contributed by atoms with Gasteiger partial charge in [-0.05, 0) is 42.0 Å². The van der Waals surface area contributed by atoms with E-state index in [2.05, 4.69) is 46.9 Å². The van der Waals surface area contributed by atoms with Crippen molar-refractivity contribution in [2.24, 2.45) is 0 Å². The predicted octanol–water partition coefficient (Wildman–Crippen LogP) is 3.31.